The minimum Gasteiger partial charge on any atom is -0.482 e. The number of carbonyl (C=O) groups excluding carboxylic acids is 1. The molecule has 0 radical (unpaired) electrons. The van der Waals surface area contributed by atoms with Gasteiger partial charge in [0.05, 0.1) is 12.3 Å². The normalized spacial score (nSPS) is 17.1. The summed E-state index contributed by atoms with van der Waals surface area (Å²) in [6.07, 6.45) is 0.867. The van der Waals surface area contributed by atoms with Crippen LogP contribution in [0, 0.1) is 0 Å². The number of fused-ring (bicyclic) bond motifs is 1. The smallest absolute Gasteiger partial charge is 0.262 e. The van der Waals surface area contributed by atoms with Crippen molar-refractivity contribution < 1.29 is 14.6 Å². The van der Waals surface area contributed by atoms with Gasteiger partial charge < -0.3 is 20.5 Å². The number of hydrogen-bond donors (Lipinski definition) is 3. The topological polar surface area (TPSA) is 70.6 Å². The predicted octanol–water partition coefficient (Wildman–Crippen LogP) is 1.44. The van der Waals surface area contributed by atoms with Crippen molar-refractivity contribution in [2.24, 2.45) is 0 Å². The van der Waals surface area contributed by atoms with E-state index in [2.05, 4.69) is 10.6 Å². The molecule has 0 fully saturated rings. The van der Waals surface area contributed by atoms with Gasteiger partial charge >= 0.3 is 0 Å². The molecule has 2 atom stereocenters. The average molecular weight is 264 g/mol. The third-order valence-electron chi connectivity index (χ3n) is 3.34. The van der Waals surface area contributed by atoms with Crippen molar-refractivity contribution in [2.45, 2.75) is 32.4 Å². The summed E-state index contributed by atoms with van der Waals surface area (Å²) in [6.45, 7) is 4.25. The molecular weight excluding hydrogens is 244 g/mol. The highest BCUT2D eigenvalue weighted by molar-refractivity contribution is 5.95. The van der Waals surface area contributed by atoms with Crippen molar-refractivity contribution in [2.75, 3.05) is 18.5 Å². The lowest BCUT2D eigenvalue weighted by Crippen LogP contribution is -2.34. The predicted molar refractivity (Wildman–Crippen MR) is 73.3 cm³/mol. The van der Waals surface area contributed by atoms with Gasteiger partial charge in [0.2, 0.25) is 0 Å². The van der Waals surface area contributed by atoms with E-state index < -0.39 is 0 Å². The lowest BCUT2D eigenvalue weighted by molar-refractivity contribution is -0.118. The van der Waals surface area contributed by atoms with E-state index in [0.717, 1.165) is 12.0 Å². The van der Waals surface area contributed by atoms with Crippen LogP contribution in [-0.4, -0.2) is 30.3 Å². The zero-order chi connectivity index (χ0) is 13.8. The highest BCUT2D eigenvalue weighted by Crippen LogP contribution is 2.30. The fraction of sp³-hybridized carbons (Fsp3) is 0.500. The van der Waals surface area contributed by atoms with Crippen molar-refractivity contribution in [3.8, 4) is 5.75 Å². The number of aliphatic hydroxyl groups is 1. The minimum atomic E-state index is -0.132. The van der Waals surface area contributed by atoms with Crippen LogP contribution in [-0.2, 0) is 4.79 Å². The lowest BCUT2D eigenvalue weighted by Gasteiger charge is -2.23. The van der Waals surface area contributed by atoms with E-state index in [1.807, 2.05) is 32.0 Å². The number of anilines is 1. The Bertz CT molecular complexity index is 458. The van der Waals surface area contributed by atoms with Crippen LogP contribution in [0.2, 0.25) is 0 Å². The molecule has 1 aromatic rings. The molecule has 0 aromatic heterocycles. The Morgan fingerprint density at radius 2 is 2.32 bits per heavy atom. The van der Waals surface area contributed by atoms with E-state index in [1.54, 1.807) is 0 Å². The largest absolute Gasteiger partial charge is 0.482 e. The van der Waals surface area contributed by atoms with E-state index in [1.165, 1.54) is 0 Å². The Morgan fingerprint density at radius 3 is 3.00 bits per heavy atom. The lowest BCUT2D eigenvalue weighted by atomic mass is 10.0. The number of rotatable bonds is 5. The zero-order valence-corrected chi connectivity index (χ0v) is 11.3. The zero-order valence-electron chi connectivity index (χ0n) is 11.3. The molecule has 0 saturated heterocycles. The van der Waals surface area contributed by atoms with Crippen LogP contribution in [0.5, 0.6) is 5.75 Å². The SMILES string of the molecule is CCC(CO)NC(C)c1ccc2c(c1)NC(=O)CO2. The second-order valence-electron chi connectivity index (χ2n) is 4.77. The van der Waals surface area contributed by atoms with Crippen LogP contribution in [0.25, 0.3) is 0 Å². The summed E-state index contributed by atoms with van der Waals surface area (Å²) in [5, 5.41) is 15.4. The summed E-state index contributed by atoms with van der Waals surface area (Å²) >= 11 is 0. The first-order valence-corrected chi connectivity index (χ1v) is 6.57. The maximum absolute atomic E-state index is 11.3. The maximum atomic E-state index is 11.3. The summed E-state index contributed by atoms with van der Waals surface area (Å²) in [4.78, 5) is 11.3. The van der Waals surface area contributed by atoms with Crippen LogP contribution in [0.4, 0.5) is 5.69 Å². The molecule has 0 spiro atoms. The van der Waals surface area contributed by atoms with Crippen molar-refractivity contribution >= 4 is 11.6 Å². The van der Waals surface area contributed by atoms with Crippen molar-refractivity contribution in [1.29, 1.82) is 0 Å². The molecule has 104 valence electrons. The summed E-state index contributed by atoms with van der Waals surface area (Å²) in [6, 6.07) is 5.92. The molecule has 19 heavy (non-hydrogen) atoms. The Morgan fingerprint density at radius 1 is 1.53 bits per heavy atom. The van der Waals surface area contributed by atoms with E-state index in [-0.39, 0.29) is 31.2 Å². The van der Waals surface area contributed by atoms with Crippen LogP contribution >= 0.6 is 0 Å². The van der Waals surface area contributed by atoms with E-state index in [4.69, 9.17) is 4.74 Å². The molecule has 2 unspecified atom stereocenters. The van der Waals surface area contributed by atoms with Gasteiger partial charge in [0.15, 0.2) is 6.61 Å². The Balaban J connectivity index is 2.12. The molecule has 0 saturated carbocycles. The average Bonchev–Trinajstić information content (AvgIpc) is 2.43. The first-order chi connectivity index (χ1) is 9.13. The number of nitrogens with one attached hydrogen (secondary N) is 2. The van der Waals surface area contributed by atoms with Crippen molar-refractivity contribution in [1.82, 2.24) is 5.32 Å². The Hall–Kier alpha value is -1.59. The molecule has 2 rings (SSSR count). The minimum absolute atomic E-state index is 0.0720. The molecule has 5 heteroatoms. The fourth-order valence-corrected chi connectivity index (χ4v) is 2.12. The van der Waals surface area contributed by atoms with Gasteiger partial charge in [-0.3, -0.25) is 4.79 Å². The third-order valence-corrected chi connectivity index (χ3v) is 3.34. The van der Waals surface area contributed by atoms with Crippen LogP contribution in [0.15, 0.2) is 18.2 Å². The molecule has 1 aliphatic rings. The number of hydrogen-bond acceptors (Lipinski definition) is 4. The molecule has 0 bridgehead atoms. The van der Waals surface area contributed by atoms with Gasteiger partial charge in [-0.1, -0.05) is 13.0 Å². The number of aliphatic hydroxyl groups excluding tert-OH is 1. The first-order valence-electron chi connectivity index (χ1n) is 6.57. The number of carbonyl (C=O) groups is 1. The monoisotopic (exact) mass is 264 g/mol. The second kappa shape index (κ2) is 6.04. The first kappa shape index (κ1) is 13.8. The van der Waals surface area contributed by atoms with Crippen LogP contribution < -0.4 is 15.4 Å². The third kappa shape index (κ3) is 3.24. The van der Waals surface area contributed by atoms with Gasteiger partial charge in [-0.05, 0) is 31.0 Å². The number of amides is 1. The summed E-state index contributed by atoms with van der Waals surface area (Å²) in [5.74, 6) is 0.566. The molecule has 1 aromatic carbocycles. The van der Waals surface area contributed by atoms with Crippen molar-refractivity contribution in [3.63, 3.8) is 0 Å². The molecule has 3 N–H and O–H groups in total. The standard InChI is InChI=1S/C14H20N2O3/c1-3-11(7-17)15-9(2)10-4-5-13-12(6-10)16-14(18)8-19-13/h4-6,9,11,15,17H,3,7-8H2,1-2H3,(H,16,18). The van der Waals surface area contributed by atoms with Gasteiger partial charge in [0.25, 0.3) is 5.91 Å². The number of ether oxygens (including phenoxy) is 1. The summed E-state index contributed by atoms with van der Waals surface area (Å²) in [5.41, 5.74) is 1.76. The van der Waals surface area contributed by atoms with E-state index in [0.29, 0.717) is 11.4 Å². The maximum Gasteiger partial charge on any atom is 0.262 e. The van der Waals surface area contributed by atoms with Gasteiger partial charge in [-0.25, -0.2) is 0 Å². The highest BCUT2D eigenvalue weighted by atomic mass is 16.5. The van der Waals surface area contributed by atoms with Gasteiger partial charge in [0.1, 0.15) is 5.75 Å². The molecule has 5 nitrogen and oxygen atoms in total. The summed E-state index contributed by atoms with van der Waals surface area (Å²) < 4.78 is 5.32. The number of benzene rings is 1. The second-order valence-corrected chi connectivity index (χ2v) is 4.77. The van der Waals surface area contributed by atoms with E-state index >= 15 is 0 Å². The van der Waals surface area contributed by atoms with Crippen molar-refractivity contribution in [3.05, 3.63) is 23.8 Å². The molecule has 1 amide bonds. The van der Waals surface area contributed by atoms with Gasteiger partial charge in [-0.2, -0.15) is 0 Å². The Labute approximate surface area is 113 Å². The summed E-state index contributed by atoms with van der Waals surface area (Å²) in [7, 11) is 0. The van der Waals surface area contributed by atoms with Gasteiger partial charge in [-0.15, -0.1) is 0 Å². The molecule has 1 aliphatic heterocycles. The van der Waals surface area contributed by atoms with Gasteiger partial charge in [0, 0.05) is 12.1 Å². The highest BCUT2D eigenvalue weighted by Gasteiger charge is 2.18. The van der Waals surface area contributed by atoms with E-state index in [9.17, 15) is 9.90 Å². The molecule has 0 aliphatic carbocycles. The molecule has 1 heterocycles. The molecular formula is C14H20N2O3. The Kier molecular flexibility index (Phi) is 4.39. The fourth-order valence-electron chi connectivity index (χ4n) is 2.12. The quantitative estimate of drug-likeness (QED) is 0.752. The van der Waals surface area contributed by atoms with Crippen LogP contribution in [0.3, 0.4) is 0 Å². The van der Waals surface area contributed by atoms with Crippen LogP contribution in [0.1, 0.15) is 31.9 Å².